The van der Waals surface area contributed by atoms with E-state index < -0.39 is 29.0 Å². The molecule has 0 aliphatic heterocycles. The van der Waals surface area contributed by atoms with E-state index in [9.17, 15) is 23.5 Å². The van der Waals surface area contributed by atoms with E-state index in [0.717, 1.165) is 25.0 Å². The highest BCUT2D eigenvalue weighted by Crippen LogP contribution is 2.28. The largest absolute Gasteiger partial charge is 0.388 e. The second kappa shape index (κ2) is 6.17. The van der Waals surface area contributed by atoms with Crippen molar-refractivity contribution in [3.8, 4) is 0 Å². The van der Waals surface area contributed by atoms with Gasteiger partial charge in [0.15, 0.2) is 0 Å². The fourth-order valence-electron chi connectivity index (χ4n) is 2.30. The molecule has 1 aliphatic carbocycles. The third kappa shape index (κ3) is 3.98. The van der Waals surface area contributed by atoms with Crippen molar-refractivity contribution in [3.63, 3.8) is 0 Å². The molecule has 114 valence electrons. The first-order valence-electron chi connectivity index (χ1n) is 6.66. The summed E-state index contributed by atoms with van der Waals surface area (Å²) in [7, 11) is 0. The lowest BCUT2D eigenvalue weighted by Crippen LogP contribution is -2.44. The molecule has 0 atom stereocenters. The van der Waals surface area contributed by atoms with Gasteiger partial charge in [0.2, 0.25) is 0 Å². The lowest BCUT2D eigenvalue weighted by atomic mass is 10.0. The number of carbonyl (C=O) groups excluding carboxylic acids is 2. The first-order valence-corrected chi connectivity index (χ1v) is 6.66. The van der Waals surface area contributed by atoms with Crippen LogP contribution in [0.2, 0.25) is 0 Å². The summed E-state index contributed by atoms with van der Waals surface area (Å²) in [4.78, 5) is 23.2. The average molecular weight is 298 g/mol. The Balaban J connectivity index is 1.89. The Hall–Kier alpha value is -2.02. The molecule has 0 radical (unpaired) electrons. The van der Waals surface area contributed by atoms with Crippen molar-refractivity contribution in [1.29, 1.82) is 0 Å². The van der Waals surface area contributed by atoms with E-state index in [1.54, 1.807) is 0 Å². The van der Waals surface area contributed by atoms with E-state index in [1.165, 1.54) is 0 Å². The van der Waals surface area contributed by atoms with Crippen molar-refractivity contribution in [2.45, 2.75) is 31.3 Å². The molecule has 2 rings (SSSR count). The summed E-state index contributed by atoms with van der Waals surface area (Å²) in [5.41, 5.74) is -1.26. The van der Waals surface area contributed by atoms with E-state index in [2.05, 4.69) is 10.6 Å². The fourth-order valence-corrected chi connectivity index (χ4v) is 2.30. The van der Waals surface area contributed by atoms with Crippen LogP contribution in [0.25, 0.3) is 0 Å². The lowest BCUT2D eigenvalue weighted by molar-refractivity contribution is -0.136. The average Bonchev–Trinajstić information content (AvgIpc) is 2.86. The zero-order valence-corrected chi connectivity index (χ0v) is 11.3. The molecule has 1 aliphatic rings. The predicted molar refractivity (Wildman–Crippen MR) is 71.4 cm³/mol. The molecular formula is C14H16F2N2O3. The molecule has 0 bridgehead atoms. The molecule has 1 aromatic carbocycles. The number of rotatable bonds is 3. The molecule has 2 amide bonds. The first kappa shape index (κ1) is 15.4. The predicted octanol–water partition coefficient (Wildman–Crippen LogP) is 1.32. The van der Waals surface area contributed by atoms with E-state index >= 15 is 0 Å². The van der Waals surface area contributed by atoms with Crippen LogP contribution >= 0.6 is 0 Å². The van der Waals surface area contributed by atoms with Gasteiger partial charge in [-0.1, -0.05) is 12.8 Å². The first-order chi connectivity index (χ1) is 9.89. The maximum Gasteiger partial charge on any atom is 0.313 e. The quantitative estimate of drug-likeness (QED) is 0.737. The van der Waals surface area contributed by atoms with Gasteiger partial charge >= 0.3 is 11.8 Å². The summed E-state index contributed by atoms with van der Waals surface area (Å²) in [6.45, 7) is -0.0227. The highest BCUT2D eigenvalue weighted by Gasteiger charge is 2.32. The number of hydrogen-bond acceptors (Lipinski definition) is 3. The zero-order chi connectivity index (χ0) is 15.5. The highest BCUT2D eigenvalue weighted by atomic mass is 19.1. The van der Waals surface area contributed by atoms with Crippen LogP contribution in [0.1, 0.15) is 25.7 Å². The second-order valence-corrected chi connectivity index (χ2v) is 5.19. The van der Waals surface area contributed by atoms with Crippen molar-refractivity contribution in [2.24, 2.45) is 0 Å². The Labute approximate surface area is 120 Å². The molecule has 1 aromatic rings. The summed E-state index contributed by atoms with van der Waals surface area (Å²) in [5, 5.41) is 14.4. The number of halogens is 2. The van der Waals surface area contributed by atoms with Gasteiger partial charge in [-0.2, -0.15) is 0 Å². The van der Waals surface area contributed by atoms with E-state index in [4.69, 9.17) is 0 Å². The van der Waals surface area contributed by atoms with E-state index in [-0.39, 0.29) is 12.2 Å². The van der Waals surface area contributed by atoms with Gasteiger partial charge in [-0.05, 0) is 25.0 Å². The molecule has 0 saturated heterocycles. The van der Waals surface area contributed by atoms with Gasteiger partial charge in [0.05, 0.1) is 11.3 Å². The van der Waals surface area contributed by atoms with Gasteiger partial charge in [0.1, 0.15) is 11.6 Å². The molecular weight excluding hydrogens is 282 g/mol. The third-order valence-corrected chi connectivity index (χ3v) is 3.50. The van der Waals surface area contributed by atoms with Crippen LogP contribution in [0.3, 0.4) is 0 Å². The zero-order valence-electron chi connectivity index (χ0n) is 11.3. The van der Waals surface area contributed by atoms with Crippen molar-refractivity contribution < 1.29 is 23.5 Å². The van der Waals surface area contributed by atoms with Crippen LogP contribution in [0, 0.1) is 11.6 Å². The number of hydrogen-bond donors (Lipinski definition) is 3. The van der Waals surface area contributed by atoms with Gasteiger partial charge < -0.3 is 15.7 Å². The van der Waals surface area contributed by atoms with Crippen LogP contribution in [-0.2, 0) is 9.59 Å². The van der Waals surface area contributed by atoms with Gasteiger partial charge in [0.25, 0.3) is 0 Å². The van der Waals surface area contributed by atoms with Crippen LogP contribution < -0.4 is 10.6 Å². The number of nitrogens with one attached hydrogen (secondary N) is 2. The summed E-state index contributed by atoms with van der Waals surface area (Å²) >= 11 is 0. The standard InChI is InChI=1S/C14H16F2N2O3/c15-9-3-4-11(10(16)7-9)18-13(20)12(19)17-8-14(21)5-1-2-6-14/h3-4,7,21H,1-2,5-6,8H2,(H,17,19)(H,18,20). The Morgan fingerprint density at radius 3 is 2.48 bits per heavy atom. The topological polar surface area (TPSA) is 78.4 Å². The molecule has 0 heterocycles. The van der Waals surface area contributed by atoms with Crippen LogP contribution in [0.4, 0.5) is 14.5 Å². The van der Waals surface area contributed by atoms with Crippen molar-refractivity contribution in [2.75, 3.05) is 11.9 Å². The normalized spacial score (nSPS) is 16.5. The summed E-state index contributed by atoms with van der Waals surface area (Å²) in [5.74, 6) is -3.79. The number of anilines is 1. The lowest BCUT2D eigenvalue weighted by Gasteiger charge is -2.22. The Kier molecular flexibility index (Phi) is 4.52. The molecule has 0 spiro atoms. The van der Waals surface area contributed by atoms with Crippen molar-refractivity contribution >= 4 is 17.5 Å². The molecule has 5 nitrogen and oxygen atoms in total. The highest BCUT2D eigenvalue weighted by molar-refractivity contribution is 6.39. The fraction of sp³-hybridized carbons (Fsp3) is 0.429. The minimum Gasteiger partial charge on any atom is -0.388 e. The number of amides is 2. The molecule has 0 unspecified atom stereocenters. The molecule has 1 fully saturated rings. The maximum absolute atomic E-state index is 13.3. The van der Waals surface area contributed by atoms with Crippen LogP contribution in [0.15, 0.2) is 18.2 Å². The number of carbonyl (C=O) groups is 2. The smallest absolute Gasteiger partial charge is 0.313 e. The van der Waals surface area contributed by atoms with Gasteiger partial charge in [-0.3, -0.25) is 9.59 Å². The van der Waals surface area contributed by atoms with Crippen molar-refractivity contribution in [1.82, 2.24) is 5.32 Å². The summed E-state index contributed by atoms with van der Waals surface area (Å²) in [6, 6.07) is 2.60. The molecule has 3 N–H and O–H groups in total. The summed E-state index contributed by atoms with van der Waals surface area (Å²) < 4.78 is 26.1. The van der Waals surface area contributed by atoms with Gasteiger partial charge in [-0.25, -0.2) is 8.78 Å². The van der Waals surface area contributed by atoms with Gasteiger partial charge in [-0.15, -0.1) is 0 Å². The van der Waals surface area contributed by atoms with Crippen molar-refractivity contribution in [3.05, 3.63) is 29.8 Å². The van der Waals surface area contributed by atoms with Gasteiger partial charge in [0, 0.05) is 12.6 Å². The number of benzene rings is 1. The monoisotopic (exact) mass is 298 g/mol. The molecule has 0 aromatic heterocycles. The minimum atomic E-state index is -1.07. The molecule has 21 heavy (non-hydrogen) atoms. The Bertz CT molecular complexity index is 557. The minimum absolute atomic E-state index is 0.0227. The third-order valence-electron chi connectivity index (χ3n) is 3.50. The Morgan fingerprint density at radius 2 is 1.86 bits per heavy atom. The Morgan fingerprint density at radius 1 is 1.19 bits per heavy atom. The SMILES string of the molecule is O=C(NCC1(O)CCCC1)C(=O)Nc1ccc(F)cc1F. The van der Waals surface area contributed by atoms with Crippen LogP contribution in [-0.4, -0.2) is 29.1 Å². The van der Waals surface area contributed by atoms with E-state index in [0.29, 0.717) is 18.9 Å². The van der Waals surface area contributed by atoms with Crippen LogP contribution in [0.5, 0.6) is 0 Å². The number of aliphatic hydroxyl groups is 1. The second-order valence-electron chi connectivity index (χ2n) is 5.19. The molecule has 1 saturated carbocycles. The van der Waals surface area contributed by atoms with E-state index in [1.807, 2.05) is 0 Å². The molecule has 7 heteroatoms. The maximum atomic E-state index is 13.3. The summed E-state index contributed by atoms with van der Waals surface area (Å²) in [6.07, 6.45) is 2.89.